The van der Waals surface area contributed by atoms with Gasteiger partial charge in [0.15, 0.2) is 0 Å². The minimum atomic E-state index is 0.280. The smallest absolute Gasteiger partial charge is 0.225 e. The van der Waals surface area contributed by atoms with Crippen molar-refractivity contribution >= 4 is 21.8 Å². The Morgan fingerprint density at radius 1 is 1.22 bits per heavy atom. The molecule has 0 atom stereocenters. The molecule has 0 aromatic heterocycles. The van der Waals surface area contributed by atoms with Crippen molar-refractivity contribution in [1.29, 1.82) is 0 Å². The van der Waals surface area contributed by atoms with Crippen LogP contribution in [0.2, 0.25) is 0 Å². The van der Waals surface area contributed by atoms with Crippen LogP contribution in [0.4, 0.5) is 0 Å². The Labute approximate surface area is 121 Å². The predicted octanol–water partition coefficient (Wildman–Crippen LogP) is 4.08. The average Bonchev–Trinajstić information content (AvgIpc) is 2.34. The molecular formula is C15H28BrNO. The highest BCUT2D eigenvalue weighted by Crippen LogP contribution is 2.40. The second kappa shape index (κ2) is 6.93. The van der Waals surface area contributed by atoms with E-state index in [9.17, 15) is 4.79 Å². The molecule has 0 aromatic rings. The molecule has 1 rings (SSSR count). The summed E-state index contributed by atoms with van der Waals surface area (Å²) in [5.74, 6) is 1.44. The molecule has 18 heavy (non-hydrogen) atoms. The van der Waals surface area contributed by atoms with Gasteiger partial charge in [-0.25, -0.2) is 0 Å². The molecule has 2 nitrogen and oxygen atoms in total. The third-order valence-corrected chi connectivity index (χ3v) is 4.70. The first-order valence-corrected chi connectivity index (χ1v) is 8.37. The van der Waals surface area contributed by atoms with Crippen LogP contribution < -0.4 is 0 Å². The van der Waals surface area contributed by atoms with Crippen LogP contribution in [0.1, 0.15) is 53.4 Å². The third kappa shape index (κ3) is 4.25. The quantitative estimate of drug-likeness (QED) is 0.715. The minimum absolute atomic E-state index is 0.280. The summed E-state index contributed by atoms with van der Waals surface area (Å²) < 4.78 is 0. The lowest BCUT2D eigenvalue weighted by Crippen LogP contribution is -2.39. The summed E-state index contributed by atoms with van der Waals surface area (Å²) in [6.07, 6.45) is 4.59. The second-order valence-corrected chi connectivity index (χ2v) is 7.31. The zero-order chi connectivity index (χ0) is 13.8. The fourth-order valence-corrected chi connectivity index (χ4v) is 3.42. The van der Waals surface area contributed by atoms with Gasteiger partial charge < -0.3 is 4.90 Å². The Balaban J connectivity index is 2.49. The fraction of sp³-hybridized carbons (Fsp3) is 0.933. The number of rotatable bonds is 4. The monoisotopic (exact) mass is 317 g/mol. The van der Waals surface area contributed by atoms with E-state index in [0.29, 0.717) is 11.3 Å². The number of hydrogen-bond donors (Lipinski definition) is 0. The van der Waals surface area contributed by atoms with Gasteiger partial charge in [-0.2, -0.15) is 0 Å². The molecule has 0 spiro atoms. The van der Waals surface area contributed by atoms with Crippen molar-refractivity contribution in [2.45, 2.75) is 53.4 Å². The van der Waals surface area contributed by atoms with Crippen molar-refractivity contribution in [2.75, 3.05) is 18.4 Å². The molecule has 0 bridgehead atoms. The first kappa shape index (κ1) is 16.0. The fourth-order valence-electron chi connectivity index (χ4n) is 2.99. The lowest BCUT2D eigenvalue weighted by Gasteiger charge is -2.37. The molecule has 0 radical (unpaired) electrons. The van der Waals surface area contributed by atoms with Crippen LogP contribution in [-0.2, 0) is 4.79 Å². The summed E-state index contributed by atoms with van der Waals surface area (Å²) in [6.45, 7) is 10.7. The summed E-state index contributed by atoms with van der Waals surface area (Å²) in [7, 11) is 0. The zero-order valence-corrected chi connectivity index (χ0v) is 13.9. The Morgan fingerprint density at radius 2 is 1.78 bits per heavy atom. The van der Waals surface area contributed by atoms with Gasteiger partial charge in [-0.05, 0) is 43.9 Å². The van der Waals surface area contributed by atoms with Crippen molar-refractivity contribution in [2.24, 2.45) is 17.3 Å². The Bertz CT molecular complexity index is 264. The molecule has 0 N–H and O–H groups in total. The van der Waals surface area contributed by atoms with Crippen molar-refractivity contribution in [3.05, 3.63) is 0 Å². The number of alkyl halides is 1. The maximum atomic E-state index is 12.4. The summed E-state index contributed by atoms with van der Waals surface area (Å²) in [4.78, 5) is 14.4. The van der Waals surface area contributed by atoms with Crippen LogP contribution >= 0.6 is 15.9 Å². The Hall–Kier alpha value is -0.0500. The molecule has 106 valence electrons. The first-order valence-electron chi connectivity index (χ1n) is 7.24. The predicted molar refractivity (Wildman–Crippen MR) is 81.0 cm³/mol. The lowest BCUT2D eigenvalue weighted by atomic mass is 9.69. The van der Waals surface area contributed by atoms with Crippen molar-refractivity contribution in [1.82, 2.24) is 4.90 Å². The van der Waals surface area contributed by atoms with Gasteiger partial charge in [0.2, 0.25) is 5.91 Å². The highest BCUT2D eigenvalue weighted by Gasteiger charge is 2.33. The van der Waals surface area contributed by atoms with E-state index in [2.05, 4.69) is 43.6 Å². The summed E-state index contributed by atoms with van der Waals surface area (Å²) in [5, 5.41) is 0.879. The van der Waals surface area contributed by atoms with E-state index >= 15 is 0 Å². The van der Waals surface area contributed by atoms with E-state index in [1.54, 1.807) is 0 Å². The normalized spacial score (nSPS) is 24.9. The van der Waals surface area contributed by atoms with E-state index in [4.69, 9.17) is 0 Å². The standard InChI is InChI=1S/C15H28BrNO/c1-5-17(11-10-16)14(18)12-6-8-13(9-7-12)15(2,3)4/h12-13H,5-11H2,1-4H3. The molecule has 1 aliphatic rings. The van der Waals surface area contributed by atoms with Gasteiger partial charge >= 0.3 is 0 Å². The lowest BCUT2D eigenvalue weighted by molar-refractivity contribution is -0.136. The van der Waals surface area contributed by atoms with E-state index in [-0.39, 0.29) is 5.92 Å². The molecular weight excluding hydrogens is 290 g/mol. The Kier molecular flexibility index (Phi) is 6.16. The van der Waals surface area contributed by atoms with E-state index in [0.717, 1.165) is 37.2 Å². The number of halogens is 1. The van der Waals surface area contributed by atoms with Crippen LogP contribution in [0.25, 0.3) is 0 Å². The topological polar surface area (TPSA) is 20.3 Å². The largest absolute Gasteiger partial charge is 0.342 e. The van der Waals surface area contributed by atoms with Gasteiger partial charge in [-0.1, -0.05) is 36.7 Å². The third-order valence-electron chi connectivity index (χ3n) is 4.35. The Morgan fingerprint density at radius 3 is 2.17 bits per heavy atom. The molecule has 1 saturated carbocycles. The highest BCUT2D eigenvalue weighted by molar-refractivity contribution is 9.09. The van der Waals surface area contributed by atoms with Gasteiger partial charge in [0.1, 0.15) is 0 Å². The molecule has 0 aliphatic heterocycles. The number of amides is 1. The zero-order valence-electron chi connectivity index (χ0n) is 12.3. The highest BCUT2D eigenvalue weighted by atomic mass is 79.9. The van der Waals surface area contributed by atoms with Gasteiger partial charge in [0.25, 0.3) is 0 Å². The van der Waals surface area contributed by atoms with Crippen molar-refractivity contribution in [3.8, 4) is 0 Å². The van der Waals surface area contributed by atoms with Crippen LogP contribution in [0.5, 0.6) is 0 Å². The van der Waals surface area contributed by atoms with E-state index in [1.807, 2.05) is 4.90 Å². The number of hydrogen-bond acceptors (Lipinski definition) is 1. The summed E-state index contributed by atoms with van der Waals surface area (Å²) in [6, 6.07) is 0. The molecule has 0 saturated heterocycles. The maximum absolute atomic E-state index is 12.4. The van der Waals surface area contributed by atoms with Crippen LogP contribution in [0.15, 0.2) is 0 Å². The summed E-state index contributed by atoms with van der Waals surface area (Å²) in [5.41, 5.74) is 0.397. The van der Waals surface area contributed by atoms with Gasteiger partial charge in [-0.15, -0.1) is 0 Å². The van der Waals surface area contributed by atoms with Crippen molar-refractivity contribution in [3.63, 3.8) is 0 Å². The van der Waals surface area contributed by atoms with E-state index < -0.39 is 0 Å². The minimum Gasteiger partial charge on any atom is -0.342 e. The second-order valence-electron chi connectivity index (χ2n) is 6.52. The molecule has 0 heterocycles. The number of carbonyl (C=O) groups is 1. The molecule has 3 heteroatoms. The molecule has 0 unspecified atom stereocenters. The van der Waals surface area contributed by atoms with Crippen LogP contribution in [0, 0.1) is 17.3 Å². The number of carbonyl (C=O) groups excluding carboxylic acids is 1. The molecule has 0 aromatic carbocycles. The van der Waals surface area contributed by atoms with Crippen LogP contribution in [0.3, 0.4) is 0 Å². The first-order chi connectivity index (χ1) is 8.40. The number of nitrogens with zero attached hydrogens (tertiary/aromatic N) is 1. The molecule has 1 aliphatic carbocycles. The molecule has 1 amide bonds. The SMILES string of the molecule is CCN(CCBr)C(=O)C1CCC(C(C)(C)C)CC1. The maximum Gasteiger partial charge on any atom is 0.225 e. The summed E-state index contributed by atoms with van der Waals surface area (Å²) >= 11 is 3.42. The average molecular weight is 318 g/mol. The van der Waals surface area contributed by atoms with E-state index in [1.165, 1.54) is 12.8 Å². The van der Waals surface area contributed by atoms with Crippen LogP contribution in [-0.4, -0.2) is 29.2 Å². The van der Waals surface area contributed by atoms with Gasteiger partial charge in [0, 0.05) is 24.3 Å². The molecule has 1 fully saturated rings. The van der Waals surface area contributed by atoms with Crippen molar-refractivity contribution < 1.29 is 4.79 Å². The van der Waals surface area contributed by atoms with Gasteiger partial charge in [0.05, 0.1) is 0 Å². The van der Waals surface area contributed by atoms with Gasteiger partial charge in [-0.3, -0.25) is 4.79 Å².